The summed E-state index contributed by atoms with van der Waals surface area (Å²) in [5.74, 6) is 0. The van der Waals surface area contributed by atoms with Crippen LogP contribution in [-0.4, -0.2) is 68.3 Å². The van der Waals surface area contributed by atoms with E-state index >= 15 is 0 Å². The van der Waals surface area contributed by atoms with Crippen LogP contribution in [0.25, 0.3) is 0 Å². The lowest BCUT2D eigenvalue weighted by Gasteiger charge is -2.36. The molecule has 0 aromatic carbocycles. The molecule has 17 heavy (non-hydrogen) atoms. The third-order valence-electron chi connectivity index (χ3n) is 3.13. The number of carbonyl (C=O) groups is 1. The fourth-order valence-corrected chi connectivity index (χ4v) is 1.97. The zero-order valence-corrected chi connectivity index (χ0v) is 11.2. The molecule has 1 aliphatic heterocycles. The van der Waals surface area contributed by atoms with Crippen molar-refractivity contribution in [1.29, 1.82) is 0 Å². The third kappa shape index (κ3) is 4.91. The maximum absolute atomic E-state index is 11.8. The molecule has 1 N–H and O–H groups in total. The van der Waals surface area contributed by atoms with Crippen molar-refractivity contribution in [3.8, 4) is 0 Å². The highest BCUT2D eigenvalue weighted by Gasteiger charge is 2.21. The van der Waals surface area contributed by atoms with Gasteiger partial charge in [0.25, 0.3) is 0 Å². The second kappa shape index (κ2) is 7.50. The molecule has 1 rings (SSSR count). The zero-order valence-electron chi connectivity index (χ0n) is 11.2. The van der Waals surface area contributed by atoms with Gasteiger partial charge in [0.2, 0.25) is 0 Å². The van der Waals surface area contributed by atoms with Crippen LogP contribution < -0.4 is 5.32 Å². The molecule has 0 spiro atoms. The summed E-state index contributed by atoms with van der Waals surface area (Å²) >= 11 is 0. The molecule has 0 aromatic rings. The first-order valence-corrected chi connectivity index (χ1v) is 6.41. The monoisotopic (exact) mass is 243 g/mol. The third-order valence-corrected chi connectivity index (χ3v) is 3.13. The van der Waals surface area contributed by atoms with E-state index < -0.39 is 0 Å². The summed E-state index contributed by atoms with van der Waals surface area (Å²) in [4.78, 5) is 16.1. The molecule has 0 aliphatic carbocycles. The van der Waals surface area contributed by atoms with Gasteiger partial charge in [0.1, 0.15) is 0 Å². The topological polar surface area (TPSA) is 44.8 Å². The standard InChI is InChI=1S/C12H25N3O2/c1-11(2)14-6-8-15(9-7-14)12(16)13-5-4-10-17-3/h11H,4-10H2,1-3H3,(H,13,16). The van der Waals surface area contributed by atoms with Gasteiger partial charge in [0, 0.05) is 52.5 Å². The number of hydrogen-bond acceptors (Lipinski definition) is 3. The van der Waals surface area contributed by atoms with Crippen LogP contribution in [0.3, 0.4) is 0 Å². The van der Waals surface area contributed by atoms with Crippen molar-refractivity contribution in [3.63, 3.8) is 0 Å². The average molecular weight is 243 g/mol. The van der Waals surface area contributed by atoms with Gasteiger partial charge in [0.05, 0.1) is 0 Å². The zero-order chi connectivity index (χ0) is 12.7. The lowest BCUT2D eigenvalue weighted by Crippen LogP contribution is -2.53. The van der Waals surface area contributed by atoms with Crippen LogP contribution in [0, 0.1) is 0 Å². The van der Waals surface area contributed by atoms with E-state index in [4.69, 9.17) is 4.74 Å². The Balaban J connectivity index is 2.17. The van der Waals surface area contributed by atoms with Gasteiger partial charge in [-0.05, 0) is 20.3 Å². The van der Waals surface area contributed by atoms with Gasteiger partial charge in [-0.2, -0.15) is 0 Å². The van der Waals surface area contributed by atoms with Crippen molar-refractivity contribution in [2.45, 2.75) is 26.3 Å². The molecule has 0 bridgehead atoms. The van der Waals surface area contributed by atoms with E-state index in [1.54, 1.807) is 7.11 Å². The first-order valence-electron chi connectivity index (χ1n) is 6.41. The summed E-state index contributed by atoms with van der Waals surface area (Å²) < 4.78 is 4.94. The van der Waals surface area contributed by atoms with Crippen molar-refractivity contribution >= 4 is 6.03 Å². The van der Waals surface area contributed by atoms with Crippen LogP contribution in [0.5, 0.6) is 0 Å². The lowest BCUT2D eigenvalue weighted by molar-refractivity contribution is 0.119. The molecule has 0 atom stereocenters. The number of urea groups is 1. The minimum Gasteiger partial charge on any atom is -0.385 e. The summed E-state index contributed by atoms with van der Waals surface area (Å²) in [6.07, 6.45) is 0.869. The van der Waals surface area contributed by atoms with Crippen LogP contribution in [-0.2, 0) is 4.74 Å². The van der Waals surface area contributed by atoms with E-state index in [0.717, 1.165) is 32.6 Å². The predicted octanol–water partition coefficient (Wildman–Crippen LogP) is 0.759. The van der Waals surface area contributed by atoms with E-state index in [9.17, 15) is 4.79 Å². The number of amides is 2. The maximum Gasteiger partial charge on any atom is 0.317 e. The van der Waals surface area contributed by atoms with Crippen molar-refractivity contribution in [2.24, 2.45) is 0 Å². The van der Waals surface area contributed by atoms with Crippen LogP contribution in [0.1, 0.15) is 20.3 Å². The minimum absolute atomic E-state index is 0.0597. The highest BCUT2D eigenvalue weighted by Crippen LogP contribution is 2.05. The quantitative estimate of drug-likeness (QED) is 0.725. The molecule has 0 aromatic heterocycles. The van der Waals surface area contributed by atoms with E-state index in [2.05, 4.69) is 24.1 Å². The van der Waals surface area contributed by atoms with Crippen LogP contribution in [0.4, 0.5) is 4.79 Å². The van der Waals surface area contributed by atoms with Gasteiger partial charge in [0.15, 0.2) is 0 Å². The molecule has 100 valence electrons. The number of carbonyl (C=O) groups excluding carboxylic acids is 1. The number of ether oxygens (including phenoxy) is 1. The number of hydrogen-bond donors (Lipinski definition) is 1. The van der Waals surface area contributed by atoms with Gasteiger partial charge < -0.3 is 15.0 Å². The fourth-order valence-electron chi connectivity index (χ4n) is 1.97. The lowest BCUT2D eigenvalue weighted by atomic mass is 10.2. The Hall–Kier alpha value is -0.810. The largest absolute Gasteiger partial charge is 0.385 e. The van der Waals surface area contributed by atoms with Crippen LogP contribution in [0.15, 0.2) is 0 Å². The average Bonchev–Trinajstić information content (AvgIpc) is 2.34. The van der Waals surface area contributed by atoms with Gasteiger partial charge in [-0.3, -0.25) is 4.90 Å². The Kier molecular flexibility index (Phi) is 6.29. The Morgan fingerprint density at radius 1 is 1.29 bits per heavy atom. The summed E-state index contributed by atoms with van der Waals surface area (Å²) in [6, 6.07) is 0.631. The van der Waals surface area contributed by atoms with Gasteiger partial charge in [-0.1, -0.05) is 0 Å². The highest BCUT2D eigenvalue weighted by atomic mass is 16.5. The number of rotatable bonds is 5. The normalized spacial score (nSPS) is 17.5. The molecule has 1 aliphatic rings. The summed E-state index contributed by atoms with van der Waals surface area (Å²) in [5.41, 5.74) is 0. The van der Waals surface area contributed by atoms with Crippen molar-refractivity contribution in [2.75, 3.05) is 46.4 Å². The number of nitrogens with one attached hydrogen (secondary N) is 1. The number of methoxy groups -OCH3 is 1. The van der Waals surface area contributed by atoms with Crippen LogP contribution >= 0.6 is 0 Å². The fraction of sp³-hybridized carbons (Fsp3) is 0.917. The first kappa shape index (κ1) is 14.3. The molecule has 0 unspecified atom stereocenters. The van der Waals surface area contributed by atoms with Crippen LogP contribution in [0.2, 0.25) is 0 Å². The van der Waals surface area contributed by atoms with E-state index in [0.29, 0.717) is 19.2 Å². The number of piperazine rings is 1. The summed E-state index contributed by atoms with van der Waals surface area (Å²) in [7, 11) is 1.67. The van der Waals surface area contributed by atoms with Crippen molar-refractivity contribution in [3.05, 3.63) is 0 Å². The molecule has 5 heteroatoms. The number of nitrogens with zero attached hydrogens (tertiary/aromatic N) is 2. The highest BCUT2D eigenvalue weighted by molar-refractivity contribution is 5.74. The molecule has 1 heterocycles. The van der Waals surface area contributed by atoms with E-state index in [-0.39, 0.29) is 6.03 Å². The molecule has 5 nitrogen and oxygen atoms in total. The van der Waals surface area contributed by atoms with Gasteiger partial charge in [-0.15, -0.1) is 0 Å². The molecular formula is C12H25N3O2. The van der Waals surface area contributed by atoms with E-state index in [1.165, 1.54) is 0 Å². The minimum atomic E-state index is 0.0597. The van der Waals surface area contributed by atoms with Gasteiger partial charge in [-0.25, -0.2) is 4.79 Å². The Morgan fingerprint density at radius 2 is 1.94 bits per heavy atom. The first-order chi connectivity index (χ1) is 8.15. The van der Waals surface area contributed by atoms with E-state index in [1.807, 2.05) is 4.90 Å². The molecule has 1 fully saturated rings. The summed E-state index contributed by atoms with van der Waals surface area (Å²) in [6.45, 7) is 9.38. The van der Waals surface area contributed by atoms with Gasteiger partial charge >= 0.3 is 6.03 Å². The van der Waals surface area contributed by atoms with Crippen molar-refractivity contribution in [1.82, 2.24) is 15.1 Å². The smallest absolute Gasteiger partial charge is 0.317 e. The Bertz CT molecular complexity index is 226. The van der Waals surface area contributed by atoms with Crippen molar-refractivity contribution < 1.29 is 9.53 Å². The molecular weight excluding hydrogens is 218 g/mol. The molecule has 2 amide bonds. The Morgan fingerprint density at radius 3 is 2.47 bits per heavy atom. The Labute approximate surface area is 104 Å². The maximum atomic E-state index is 11.8. The summed E-state index contributed by atoms with van der Waals surface area (Å²) in [5, 5.41) is 2.92. The molecule has 0 saturated carbocycles. The molecule has 0 radical (unpaired) electrons. The second-order valence-electron chi connectivity index (χ2n) is 4.70. The second-order valence-corrected chi connectivity index (χ2v) is 4.70. The predicted molar refractivity (Wildman–Crippen MR) is 68.2 cm³/mol. The SMILES string of the molecule is COCCCNC(=O)N1CCN(C(C)C)CC1. The molecule has 1 saturated heterocycles.